The highest BCUT2D eigenvalue weighted by Crippen LogP contribution is 2.34. The van der Waals surface area contributed by atoms with Gasteiger partial charge in [0.05, 0.1) is 19.1 Å². The minimum absolute atomic E-state index is 0.259. The van der Waals surface area contributed by atoms with Gasteiger partial charge in [-0.1, -0.05) is 50.5 Å². The van der Waals surface area contributed by atoms with Gasteiger partial charge >= 0.3 is 0 Å². The molecule has 0 fully saturated rings. The molecule has 0 aliphatic heterocycles. The Kier molecular flexibility index (Phi) is 5.78. The molecule has 0 saturated carbocycles. The normalized spacial score (nSPS) is 10.8. The van der Waals surface area contributed by atoms with Gasteiger partial charge in [0, 0.05) is 11.1 Å². The molecule has 130 valence electrons. The Labute approximate surface area is 148 Å². The maximum Gasteiger partial charge on any atom is 0.119 e. The predicted molar refractivity (Wildman–Crippen MR) is 101 cm³/mol. The zero-order valence-electron chi connectivity index (χ0n) is 14.6. The summed E-state index contributed by atoms with van der Waals surface area (Å²) in [7, 11) is 0. The van der Waals surface area contributed by atoms with Crippen molar-refractivity contribution in [2.24, 2.45) is 0 Å². The molecule has 3 aromatic rings. The Morgan fingerprint density at radius 1 is 0.800 bits per heavy atom. The van der Waals surface area contributed by atoms with Crippen LogP contribution in [0.5, 0.6) is 11.5 Å². The third kappa shape index (κ3) is 4.44. The fourth-order valence-electron chi connectivity index (χ4n) is 2.83. The van der Waals surface area contributed by atoms with Crippen LogP contribution in [0.4, 0.5) is 0 Å². The number of hydrogen-bond donors (Lipinski definition) is 1. The second-order valence-corrected chi connectivity index (χ2v) is 6.18. The van der Waals surface area contributed by atoms with E-state index in [2.05, 4.69) is 19.1 Å². The zero-order chi connectivity index (χ0) is 17.5. The van der Waals surface area contributed by atoms with E-state index in [9.17, 15) is 5.11 Å². The Morgan fingerprint density at radius 3 is 2.00 bits per heavy atom. The van der Waals surface area contributed by atoms with E-state index in [1.54, 1.807) is 24.7 Å². The highest BCUT2D eigenvalue weighted by molar-refractivity contribution is 5.82. The summed E-state index contributed by atoms with van der Waals surface area (Å²) in [5, 5.41) is 9.45. The summed E-state index contributed by atoms with van der Waals surface area (Å²) >= 11 is 0. The van der Waals surface area contributed by atoms with E-state index in [0.29, 0.717) is 0 Å². The number of hydrogen-bond acceptors (Lipinski definition) is 3. The summed E-state index contributed by atoms with van der Waals surface area (Å²) in [5.41, 5.74) is 4.13. The Morgan fingerprint density at radius 2 is 1.40 bits per heavy atom. The molecule has 0 spiro atoms. The lowest BCUT2D eigenvalue weighted by Crippen LogP contribution is -1.96. The van der Waals surface area contributed by atoms with Gasteiger partial charge in [-0.15, -0.1) is 0 Å². The molecule has 3 nitrogen and oxygen atoms in total. The first-order chi connectivity index (χ1) is 12.3. The van der Waals surface area contributed by atoms with Crippen molar-refractivity contribution in [2.45, 2.75) is 32.6 Å². The van der Waals surface area contributed by atoms with Gasteiger partial charge in [-0.25, -0.2) is 0 Å². The minimum Gasteiger partial charge on any atom is -0.508 e. The lowest BCUT2D eigenvalue weighted by molar-refractivity contribution is 0.305. The second-order valence-electron chi connectivity index (χ2n) is 6.18. The van der Waals surface area contributed by atoms with E-state index < -0.39 is 0 Å². The number of unbranched alkanes of at least 4 members (excludes halogenated alkanes) is 3. The predicted octanol–water partition coefficient (Wildman–Crippen LogP) is 6.28. The van der Waals surface area contributed by atoms with Crippen LogP contribution in [0.3, 0.4) is 0 Å². The Hall–Kier alpha value is -2.68. The smallest absolute Gasteiger partial charge is 0.119 e. The first kappa shape index (κ1) is 17.2. The highest BCUT2D eigenvalue weighted by Gasteiger charge is 2.10. The first-order valence-electron chi connectivity index (χ1n) is 8.87. The average molecular weight is 336 g/mol. The molecular weight excluding hydrogens is 312 g/mol. The van der Waals surface area contributed by atoms with E-state index in [4.69, 9.17) is 9.15 Å². The number of ether oxygens (including phenoxy) is 1. The van der Waals surface area contributed by atoms with Crippen molar-refractivity contribution in [3.8, 4) is 33.8 Å². The molecule has 1 heterocycles. The van der Waals surface area contributed by atoms with Crippen molar-refractivity contribution in [1.82, 2.24) is 0 Å². The third-order valence-electron chi connectivity index (χ3n) is 4.27. The Balaban J connectivity index is 1.69. The maximum atomic E-state index is 9.45. The fraction of sp³-hybridized carbons (Fsp3) is 0.273. The molecular formula is C22H24O3. The first-order valence-corrected chi connectivity index (χ1v) is 8.87. The molecule has 0 amide bonds. The molecule has 0 radical (unpaired) electrons. The van der Waals surface area contributed by atoms with Crippen LogP contribution < -0.4 is 4.74 Å². The number of benzene rings is 2. The molecule has 3 heteroatoms. The van der Waals surface area contributed by atoms with Gasteiger partial charge in [0.1, 0.15) is 11.5 Å². The van der Waals surface area contributed by atoms with Crippen LogP contribution in [0.25, 0.3) is 22.3 Å². The van der Waals surface area contributed by atoms with Crippen molar-refractivity contribution < 1.29 is 14.3 Å². The highest BCUT2D eigenvalue weighted by atomic mass is 16.5. The molecule has 0 aliphatic rings. The van der Waals surface area contributed by atoms with Gasteiger partial charge in [-0.05, 0) is 41.8 Å². The molecule has 0 unspecified atom stereocenters. The SMILES string of the molecule is CCCCCCOc1ccc(-c2cocc2-c2ccc(O)cc2)cc1. The van der Waals surface area contributed by atoms with Crippen molar-refractivity contribution in [1.29, 1.82) is 0 Å². The van der Waals surface area contributed by atoms with Gasteiger partial charge in [0.15, 0.2) is 0 Å². The van der Waals surface area contributed by atoms with Gasteiger partial charge in [0.2, 0.25) is 0 Å². The third-order valence-corrected chi connectivity index (χ3v) is 4.27. The fourth-order valence-corrected chi connectivity index (χ4v) is 2.83. The van der Waals surface area contributed by atoms with Crippen LogP contribution in [0.2, 0.25) is 0 Å². The summed E-state index contributed by atoms with van der Waals surface area (Å²) in [6, 6.07) is 15.2. The summed E-state index contributed by atoms with van der Waals surface area (Å²) in [4.78, 5) is 0. The van der Waals surface area contributed by atoms with E-state index in [0.717, 1.165) is 41.0 Å². The molecule has 3 rings (SSSR count). The molecule has 0 bridgehead atoms. The molecule has 25 heavy (non-hydrogen) atoms. The quantitative estimate of drug-likeness (QED) is 0.492. The number of rotatable bonds is 8. The topological polar surface area (TPSA) is 42.6 Å². The van der Waals surface area contributed by atoms with E-state index >= 15 is 0 Å². The van der Waals surface area contributed by atoms with E-state index in [1.165, 1.54) is 19.3 Å². The molecule has 1 aromatic heterocycles. The minimum atomic E-state index is 0.259. The van der Waals surface area contributed by atoms with Crippen LogP contribution in [-0.2, 0) is 0 Å². The van der Waals surface area contributed by atoms with Crippen molar-refractivity contribution in [3.63, 3.8) is 0 Å². The average Bonchev–Trinajstić information content (AvgIpc) is 3.12. The number of phenolic OH excluding ortho intramolecular Hbond substituents is 1. The molecule has 0 aliphatic carbocycles. The monoisotopic (exact) mass is 336 g/mol. The molecule has 1 N–H and O–H groups in total. The summed E-state index contributed by atoms with van der Waals surface area (Å²) in [6.45, 7) is 2.98. The standard InChI is InChI=1S/C22H24O3/c1-2-3-4-5-14-25-20-12-8-18(9-13-20)22-16-24-15-21(22)17-6-10-19(23)11-7-17/h6-13,15-16,23H,2-5,14H2,1H3. The summed E-state index contributed by atoms with van der Waals surface area (Å²) < 4.78 is 11.2. The largest absolute Gasteiger partial charge is 0.508 e. The van der Waals surface area contributed by atoms with Crippen LogP contribution >= 0.6 is 0 Å². The molecule has 0 atom stereocenters. The number of phenols is 1. The van der Waals surface area contributed by atoms with Gasteiger partial charge in [0.25, 0.3) is 0 Å². The zero-order valence-corrected chi connectivity index (χ0v) is 14.6. The van der Waals surface area contributed by atoms with Crippen molar-refractivity contribution in [3.05, 3.63) is 61.1 Å². The lowest BCUT2D eigenvalue weighted by Gasteiger charge is -2.08. The van der Waals surface area contributed by atoms with Gasteiger partial charge in [-0.3, -0.25) is 0 Å². The Bertz CT molecular complexity index is 770. The van der Waals surface area contributed by atoms with E-state index in [-0.39, 0.29) is 5.75 Å². The van der Waals surface area contributed by atoms with Crippen LogP contribution in [0.15, 0.2) is 65.5 Å². The van der Waals surface area contributed by atoms with Crippen LogP contribution in [-0.4, -0.2) is 11.7 Å². The van der Waals surface area contributed by atoms with Gasteiger partial charge < -0.3 is 14.3 Å². The second kappa shape index (κ2) is 8.43. The van der Waals surface area contributed by atoms with Crippen molar-refractivity contribution in [2.75, 3.05) is 6.61 Å². The van der Waals surface area contributed by atoms with Crippen molar-refractivity contribution >= 4 is 0 Å². The van der Waals surface area contributed by atoms with Crippen LogP contribution in [0.1, 0.15) is 32.6 Å². The molecule has 2 aromatic carbocycles. The summed E-state index contributed by atoms with van der Waals surface area (Å²) in [6.07, 6.45) is 8.32. The maximum absolute atomic E-state index is 9.45. The van der Waals surface area contributed by atoms with Gasteiger partial charge in [-0.2, -0.15) is 0 Å². The molecule has 0 saturated heterocycles. The summed E-state index contributed by atoms with van der Waals surface area (Å²) in [5.74, 6) is 1.16. The van der Waals surface area contributed by atoms with E-state index in [1.807, 2.05) is 24.3 Å². The number of aromatic hydroxyl groups is 1. The lowest BCUT2D eigenvalue weighted by atomic mass is 9.99. The number of furan rings is 1. The van der Waals surface area contributed by atoms with Crippen LogP contribution in [0, 0.1) is 0 Å².